The molecule has 20 heavy (non-hydrogen) atoms. The highest BCUT2D eigenvalue weighted by atomic mass is 35.5. The van der Waals surface area contributed by atoms with E-state index in [4.69, 9.17) is 11.6 Å². The summed E-state index contributed by atoms with van der Waals surface area (Å²) in [6.07, 6.45) is 4.60. The van der Waals surface area contributed by atoms with Gasteiger partial charge in [0, 0.05) is 5.02 Å². The number of nitrogens with zero attached hydrogens (tertiary/aromatic N) is 3. The van der Waals surface area contributed by atoms with Crippen molar-refractivity contribution in [2.45, 2.75) is 38.8 Å². The zero-order valence-electron chi connectivity index (χ0n) is 11.8. The van der Waals surface area contributed by atoms with Gasteiger partial charge >= 0.3 is 0 Å². The first-order valence-electron chi connectivity index (χ1n) is 6.79. The predicted octanol–water partition coefficient (Wildman–Crippen LogP) is 2.95. The van der Waals surface area contributed by atoms with Crippen molar-refractivity contribution in [3.8, 4) is 0 Å². The van der Waals surface area contributed by atoms with Crippen LogP contribution in [-0.2, 0) is 13.0 Å². The molecular formula is C15H20ClN3O. The zero-order chi connectivity index (χ0) is 14.6. The van der Waals surface area contributed by atoms with E-state index in [1.54, 1.807) is 11.0 Å². The monoisotopic (exact) mass is 293 g/mol. The summed E-state index contributed by atoms with van der Waals surface area (Å²) in [6, 6.07) is 7.75. The Hall–Kier alpha value is -1.39. The van der Waals surface area contributed by atoms with Gasteiger partial charge in [0.05, 0.1) is 12.1 Å². The lowest BCUT2D eigenvalue weighted by atomic mass is 9.84. The van der Waals surface area contributed by atoms with Crippen LogP contribution in [0.25, 0.3) is 0 Å². The van der Waals surface area contributed by atoms with Crippen LogP contribution in [0.1, 0.15) is 25.8 Å². The fraction of sp³-hybridized carbons (Fsp3) is 0.467. The van der Waals surface area contributed by atoms with Crippen molar-refractivity contribution in [2.75, 3.05) is 0 Å². The molecule has 108 valence electrons. The Balaban J connectivity index is 2.03. The zero-order valence-corrected chi connectivity index (χ0v) is 12.6. The predicted molar refractivity (Wildman–Crippen MR) is 79.6 cm³/mol. The van der Waals surface area contributed by atoms with E-state index in [1.165, 1.54) is 11.9 Å². The van der Waals surface area contributed by atoms with Crippen LogP contribution >= 0.6 is 11.6 Å². The number of hydrogen-bond donors (Lipinski definition) is 1. The maximum atomic E-state index is 10.9. The molecule has 4 nitrogen and oxygen atoms in total. The Labute approximate surface area is 124 Å². The van der Waals surface area contributed by atoms with Gasteiger partial charge in [-0.2, -0.15) is 5.10 Å². The quantitative estimate of drug-likeness (QED) is 0.891. The summed E-state index contributed by atoms with van der Waals surface area (Å²) in [6.45, 7) is 4.51. The molecule has 0 saturated heterocycles. The minimum absolute atomic E-state index is 0.138. The van der Waals surface area contributed by atoms with Gasteiger partial charge in [0.25, 0.3) is 0 Å². The fourth-order valence-corrected chi connectivity index (χ4v) is 2.28. The second-order valence-corrected chi connectivity index (χ2v) is 5.91. The number of rotatable bonds is 6. The number of aliphatic hydroxyl groups is 1. The van der Waals surface area contributed by atoms with E-state index in [2.05, 4.69) is 10.1 Å². The lowest BCUT2D eigenvalue weighted by Crippen LogP contribution is -2.40. The van der Waals surface area contributed by atoms with Gasteiger partial charge in [0.1, 0.15) is 12.7 Å². The summed E-state index contributed by atoms with van der Waals surface area (Å²) >= 11 is 5.88. The molecule has 0 aliphatic carbocycles. The van der Waals surface area contributed by atoms with Gasteiger partial charge in [-0.25, -0.2) is 4.98 Å². The Morgan fingerprint density at radius 1 is 1.30 bits per heavy atom. The normalized spacial score (nSPS) is 14.4. The number of aromatic nitrogens is 3. The third-order valence-electron chi connectivity index (χ3n) is 3.74. The third-order valence-corrected chi connectivity index (χ3v) is 3.99. The van der Waals surface area contributed by atoms with Crippen molar-refractivity contribution in [1.29, 1.82) is 0 Å². The van der Waals surface area contributed by atoms with Crippen LogP contribution in [0.2, 0.25) is 5.02 Å². The van der Waals surface area contributed by atoms with Crippen molar-refractivity contribution >= 4 is 11.6 Å². The average molecular weight is 294 g/mol. The number of aryl methyl sites for hydroxylation is 1. The Morgan fingerprint density at radius 3 is 2.55 bits per heavy atom. The van der Waals surface area contributed by atoms with Gasteiger partial charge < -0.3 is 5.11 Å². The maximum Gasteiger partial charge on any atom is 0.137 e. The van der Waals surface area contributed by atoms with Gasteiger partial charge in [-0.3, -0.25) is 4.68 Å². The SMILES string of the molecule is CC(C)C(O)(CCc1ccc(Cl)cc1)Cn1cncn1. The first kappa shape index (κ1) is 15.0. The van der Waals surface area contributed by atoms with Crippen LogP contribution in [0.5, 0.6) is 0 Å². The molecule has 0 amide bonds. The molecule has 0 bridgehead atoms. The summed E-state index contributed by atoms with van der Waals surface area (Å²) < 4.78 is 1.68. The maximum absolute atomic E-state index is 10.9. The van der Waals surface area contributed by atoms with Crippen LogP contribution in [0.3, 0.4) is 0 Å². The molecule has 0 saturated carbocycles. The van der Waals surface area contributed by atoms with Crippen LogP contribution < -0.4 is 0 Å². The van der Waals surface area contributed by atoms with Crippen LogP contribution in [0, 0.1) is 5.92 Å². The minimum atomic E-state index is -0.798. The molecule has 5 heteroatoms. The first-order chi connectivity index (χ1) is 9.49. The molecule has 1 aromatic carbocycles. The standard InChI is InChI=1S/C15H20ClN3O/c1-12(2)15(20,9-19-11-17-10-18-19)8-7-13-3-5-14(16)6-4-13/h3-6,10-12,20H,7-9H2,1-2H3. The molecule has 0 fully saturated rings. The second-order valence-electron chi connectivity index (χ2n) is 5.48. The average Bonchev–Trinajstić information content (AvgIpc) is 2.90. The van der Waals surface area contributed by atoms with E-state index in [0.717, 1.165) is 11.4 Å². The van der Waals surface area contributed by atoms with Crippen molar-refractivity contribution < 1.29 is 5.11 Å². The minimum Gasteiger partial charge on any atom is -0.388 e. The molecular weight excluding hydrogens is 274 g/mol. The Morgan fingerprint density at radius 2 is 2.00 bits per heavy atom. The van der Waals surface area contributed by atoms with Gasteiger partial charge in [-0.15, -0.1) is 0 Å². The second kappa shape index (κ2) is 6.37. The fourth-order valence-electron chi connectivity index (χ4n) is 2.16. The molecule has 2 rings (SSSR count). The highest BCUT2D eigenvalue weighted by Gasteiger charge is 2.31. The first-order valence-corrected chi connectivity index (χ1v) is 7.16. The lowest BCUT2D eigenvalue weighted by molar-refractivity contribution is -0.0309. The summed E-state index contributed by atoms with van der Waals surface area (Å²) in [5, 5.41) is 15.7. The molecule has 1 heterocycles. The molecule has 1 aromatic heterocycles. The smallest absolute Gasteiger partial charge is 0.137 e. The van der Waals surface area contributed by atoms with Crippen LogP contribution in [0.4, 0.5) is 0 Å². The van der Waals surface area contributed by atoms with Gasteiger partial charge in [-0.05, 0) is 36.5 Å². The van der Waals surface area contributed by atoms with E-state index in [1.807, 2.05) is 38.1 Å². The summed E-state index contributed by atoms with van der Waals surface area (Å²) in [5.74, 6) is 0.138. The van der Waals surface area contributed by atoms with E-state index in [9.17, 15) is 5.11 Å². The van der Waals surface area contributed by atoms with Gasteiger partial charge in [0.2, 0.25) is 0 Å². The molecule has 0 radical (unpaired) electrons. The topological polar surface area (TPSA) is 50.9 Å². The van der Waals surface area contributed by atoms with E-state index in [-0.39, 0.29) is 5.92 Å². The highest BCUT2D eigenvalue weighted by molar-refractivity contribution is 6.30. The molecule has 0 aliphatic heterocycles. The van der Waals surface area contributed by atoms with E-state index >= 15 is 0 Å². The molecule has 0 aliphatic rings. The van der Waals surface area contributed by atoms with Crippen molar-refractivity contribution in [3.05, 3.63) is 47.5 Å². The Bertz CT molecular complexity index is 525. The third kappa shape index (κ3) is 3.81. The lowest BCUT2D eigenvalue weighted by Gasteiger charge is -2.32. The largest absolute Gasteiger partial charge is 0.388 e. The van der Waals surface area contributed by atoms with E-state index in [0.29, 0.717) is 13.0 Å². The summed E-state index contributed by atoms with van der Waals surface area (Å²) in [7, 11) is 0. The molecule has 0 spiro atoms. The van der Waals surface area contributed by atoms with Crippen molar-refractivity contribution in [2.24, 2.45) is 5.92 Å². The number of hydrogen-bond acceptors (Lipinski definition) is 3. The van der Waals surface area contributed by atoms with Crippen LogP contribution in [0.15, 0.2) is 36.9 Å². The van der Waals surface area contributed by atoms with Gasteiger partial charge in [-0.1, -0.05) is 37.6 Å². The molecule has 2 aromatic rings. The highest BCUT2D eigenvalue weighted by Crippen LogP contribution is 2.25. The summed E-state index contributed by atoms with van der Waals surface area (Å²) in [5.41, 5.74) is 0.375. The number of benzene rings is 1. The molecule has 1 unspecified atom stereocenters. The van der Waals surface area contributed by atoms with Crippen molar-refractivity contribution in [1.82, 2.24) is 14.8 Å². The van der Waals surface area contributed by atoms with Crippen LogP contribution in [-0.4, -0.2) is 25.5 Å². The van der Waals surface area contributed by atoms with Gasteiger partial charge in [0.15, 0.2) is 0 Å². The van der Waals surface area contributed by atoms with E-state index < -0.39 is 5.60 Å². The molecule has 1 atom stereocenters. The number of halogens is 1. The molecule has 1 N–H and O–H groups in total. The Kier molecular flexibility index (Phi) is 4.78. The summed E-state index contributed by atoms with van der Waals surface area (Å²) in [4.78, 5) is 3.92. The van der Waals surface area contributed by atoms with Crippen molar-refractivity contribution in [3.63, 3.8) is 0 Å².